The molecule has 0 heterocycles. The Bertz CT molecular complexity index is 892. The topological polar surface area (TPSA) is 101 Å². The second kappa shape index (κ2) is 12.1. The van der Waals surface area contributed by atoms with Crippen LogP contribution in [0.15, 0.2) is 58.7 Å². The van der Waals surface area contributed by atoms with Crippen LogP contribution >= 0.6 is 0 Å². The zero-order chi connectivity index (χ0) is 22.6. The molecule has 0 aliphatic carbocycles. The number of benzene rings is 2. The maximum Gasteiger partial charge on any atom is 0.240 e. The molecule has 8 nitrogen and oxygen atoms in total. The van der Waals surface area contributed by atoms with Gasteiger partial charge in [-0.25, -0.2) is 10.9 Å². The quantitative estimate of drug-likeness (QED) is 0.451. The summed E-state index contributed by atoms with van der Waals surface area (Å²) in [6.07, 6.45) is 0.751. The van der Waals surface area contributed by atoms with Crippen molar-refractivity contribution in [3.63, 3.8) is 0 Å². The predicted octanol–water partition coefficient (Wildman–Crippen LogP) is 3.25. The molecule has 0 atom stereocenters. The summed E-state index contributed by atoms with van der Waals surface area (Å²) in [6.45, 7) is 3.59. The second-order valence-corrected chi connectivity index (χ2v) is 6.78. The summed E-state index contributed by atoms with van der Waals surface area (Å²) in [4.78, 5) is 24.0. The van der Waals surface area contributed by atoms with Gasteiger partial charge in [0.1, 0.15) is 11.5 Å². The van der Waals surface area contributed by atoms with Crippen molar-refractivity contribution in [2.24, 2.45) is 10.2 Å². The Kier molecular flexibility index (Phi) is 9.22. The molecule has 0 aliphatic rings. The molecular formula is C23H28N4O4. The normalized spacial score (nSPS) is 11.6. The van der Waals surface area contributed by atoms with E-state index in [9.17, 15) is 9.59 Å². The molecule has 0 aromatic heterocycles. The Morgan fingerprint density at radius 1 is 0.774 bits per heavy atom. The van der Waals surface area contributed by atoms with Gasteiger partial charge in [-0.15, -0.1) is 0 Å². The van der Waals surface area contributed by atoms with E-state index in [2.05, 4.69) is 21.1 Å². The fraction of sp³-hybridized carbons (Fsp3) is 0.304. The number of hydrogen-bond donors (Lipinski definition) is 2. The SMILES string of the molecule is COc1cccc(/C(C)=N/NC(=O)CCCC(=O)N/N=C(\C)c2cccc(OC)c2)c1. The largest absolute Gasteiger partial charge is 0.497 e. The molecule has 31 heavy (non-hydrogen) atoms. The number of ether oxygens (including phenoxy) is 2. The fourth-order valence-corrected chi connectivity index (χ4v) is 2.64. The molecule has 2 aromatic rings. The van der Waals surface area contributed by atoms with Gasteiger partial charge in [-0.3, -0.25) is 9.59 Å². The fourth-order valence-electron chi connectivity index (χ4n) is 2.64. The summed E-state index contributed by atoms with van der Waals surface area (Å²) in [7, 11) is 3.18. The first kappa shape index (κ1) is 23.6. The third-order valence-electron chi connectivity index (χ3n) is 4.48. The number of methoxy groups -OCH3 is 2. The first-order valence-electron chi connectivity index (χ1n) is 9.88. The van der Waals surface area contributed by atoms with Crippen molar-refractivity contribution in [3.05, 3.63) is 59.7 Å². The summed E-state index contributed by atoms with van der Waals surface area (Å²) in [6, 6.07) is 14.8. The van der Waals surface area contributed by atoms with Gasteiger partial charge in [-0.05, 0) is 44.5 Å². The number of rotatable bonds is 10. The average Bonchev–Trinajstić information content (AvgIpc) is 2.80. The molecular weight excluding hydrogens is 396 g/mol. The van der Waals surface area contributed by atoms with E-state index in [1.807, 2.05) is 48.5 Å². The van der Waals surface area contributed by atoms with Crippen molar-refractivity contribution in [2.75, 3.05) is 14.2 Å². The Morgan fingerprint density at radius 2 is 1.19 bits per heavy atom. The minimum Gasteiger partial charge on any atom is -0.497 e. The van der Waals surface area contributed by atoms with E-state index in [1.54, 1.807) is 28.1 Å². The van der Waals surface area contributed by atoms with Gasteiger partial charge < -0.3 is 9.47 Å². The van der Waals surface area contributed by atoms with E-state index in [1.165, 1.54) is 0 Å². The van der Waals surface area contributed by atoms with Gasteiger partial charge in [0.05, 0.1) is 25.6 Å². The molecule has 0 unspecified atom stereocenters. The Balaban J connectivity index is 1.75. The van der Waals surface area contributed by atoms with Gasteiger partial charge >= 0.3 is 0 Å². The van der Waals surface area contributed by atoms with Crippen LogP contribution in [-0.2, 0) is 9.59 Å². The van der Waals surface area contributed by atoms with Crippen molar-refractivity contribution in [3.8, 4) is 11.5 Å². The molecule has 164 valence electrons. The molecule has 0 bridgehead atoms. The van der Waals surface area contributed by atoms with Crippen molar-refractivity contribution in [1.82, 2.24) is 10.9 Å². The zero-order valence-electron chi connectivity index (χ0n) is 18.3. The summed E-state index contributed by atoms with van der Waals surface area (Å²) >= 11 is 0. The van der Waals surface area contributed by atoms with Crippen molar-refractivity contribution in [2.45, 2.75) is 33.1 Å². The van der Waals surface area contributed by atoms with Gasteiger partial charge in [-0.1, -0.05) is 24.3 Å². The number of carbonyl (C=O) groups excluding carboxylic acids is 2. The van der Waals surface area contributed by atoms with E-state index in [0.29, 0.717) is 29.3 Å². The standard InChI is InChI=1S/C23H28N4O4/c1-16(18-8-5-10-20(14-18)30-3)24-26-22(28)12-7-13-23(29)27-25-17(2)19-9-6-11-21(15-19)31-4/h5-6,8-11,14-15H,7,12-13H2,1-4H3,(H,26,28)(H,27,29)/b24-16+,25-17+. The van der Waals surface area contributed by atoms with Crippen LogP contribution in [0.1, 0.15) is 44.2 Å². The highest BCUT2D eigenvalue weighted by Gasteiger charge is 2.06. The first-order chi connectivity index (χ1) is 14.9. The molecule has 0 fully saturated rings. The van der Waals surface area contributed by atoms with Crippen LogP contribution in [0.3, 0.4) is 0 Å². The molecule has 2 aromatic carbocycles. The van der Waals surface area contributed by atoms with Gasteiger partial charge in [0.2, 0.25) is 11.8 Å². The summed E-state index contributed by atoms with van der Waals surface area (Å²) in [5.41, 5.74) is 8.04. The number of amides is 2. The van der Waals surface area contributed by atoms with Crippen LogP contribution in [0.4, 0.5) is 0 Å². The van der Waals surface area contributed by atoms with Crippen molar-refractivity contribution < 1.29 is 19.1 Å². The minimum absolute atomic E-state index is 0.181. The number of nitrogens with zero attached hydrogens (tertiary/aromatic N) is 2. The van der Waals surface area contributed by atoms with E-state index in [4.69, 9.17) is 9.47 Å². The summed E-state index contributed by atoms with van der Waals surface area (Å²) in [5.74, 6) is 0.916. The van der Waals surface area contributed by atoms with Crippen LogP contribution in [0.5, 0.6) is 11.5 Å². The first-order valence-corrected chi connectivity index (χ1v) is 9.88. The lowest BCUT2D eigenvalue weighted by Crippen LogP contribution is -2.21. The third-order valence-corrected chi connectivity index (χ3v) is 4.48. The van der Waals surface area contributed by atoms with E-state index >= 15 is 0 Å². The molecule has 8 heteroatoms. The smallest absolute Gasteiger partial charge is 0.240 e. The monoisotopic (exact) mass is 424 g/mol. The van der Waals surface area contributed by atoms with Crippen molar-refractivity contribution in [1.29, 1.82) is 0 Å². The Morgan fingerprint density at radius 3 is 1.58 bits per heavy atom. The highest BCUT2D eigenvalue weighted by molar-refractivity contribution is 6.00. The lowest BCUT2D eigenvalue weighted by Gasteiger charge is -2.06. The Hall–Kier alpha value is -3.68. The highest BCUT2D eigenvalue weighted by atomic mass is 16.5. The van der Waals surface area contributed by atoms with E-state index < -0.39 is 0 Å². The van der Waals surface area contributed by atoms with Crippen LogP contribution in [0.25, 0.3) is 0 Å². The maximum atomic E-state index is 12.0. The molecule has 0 saturated carbocycles. The Labute approximate surface area is 182 Å². The highest BCUT2D eigenvalue weighted by Crippen LogP contribution is 2.14. The van der Waals surface area contributed by atoms with Crippen LogP contribution in [0, 0.1) is 0 Å². The summed E-state index contributed by atoms with van der Waals surface area (Å²) < 4.78 is 10.4. The molecule has 2 amide bonds. The maximum absolute atomic E-state index is 12.0. The lowest BCUT2D eigenvalue weighted by atomic mass is 10.1. The van der Waals surface area contributed by atoms with Gasteiger partial charge in [0.25, 0.3) is 0 Å². The number of hydrogen-bond acceptors (Lipinski definition) is 6. The molecule has 0 saturated heterocycles. The minimum atomic E-state index is -0.258. The molecule has 2 rings (SSSR count). The number of hydrazone groups is 2. The third kappa shape index (κ3) is 7.93. The molecule has 0 aliphatic heterocycles. The predicted molar refractivity (Wildman–Crippen MR) is 121 cm³/mol. The van der Waals surface area contributed by atoms with Gasteiger partial charge in [-0.2, -0.15) is 10.2 Å². The zero-order valence-corrected chi connectivity index (χ0v) is 18.3. The van der Waals surface area contributed by atoms with Crippen LogP contribution in [-0.4, -0.2) is 37.5 Å². The van der Waals surface area contributed by atoms with Crippen LogP contribution < -0.4 is 20.3 Å². The van der Waals surface area contributed by atoms with E-state index in [0.717, 1.165) is 11.1 Å². The number of carbonyl (C=O) groups is 2. The van der Waals surface area contributed by atoms with Gasteiger partial charge in [0.15, 0.2) is 0 Å². The molecule has 0 radical (unpaired) electrons. The van der Waals surface area contributed by atoms with Gasteiger partial charge in [0, 0.05) is 24.0 Å². The molecule has 2 N–H and O–H groups in total. The van der Waals surface area contributed by atoms with E-state index in [-0.39, 0.29) is 24.7 Å². The summed E-state index contributed by atoms with van der Waals surface area (Å²) in [5, 5.41) is 8.21. The molecule has 0 spiro atoms. The van der Waals surface area contributed by atoms with Crippen LogP contribution in [0.2, 0.25) is 0 Å². The number of nitrogens with one attached hydrogen (secondary N) is 2. The average molecular weight is 425 g/mol. The second-order valence-electron chi connectivity index (χ2n) is 6.78. The van der Waals surface area contributed by atoms with Crippen molar-refractivity contribution >= 4 is 23.2 Å². The lowest BCUT2D eigenvalue weighted by molar-refractivity contribution is -0.122.